The highest BCUT2D eigenvalue weighted by atomic mass is 19.1. The van der Waals surface area contributed by atoms with E-state index in [1.165, 1.54) is 41.9 Å². The third-order valence-electron chi connectivity index (χ3n) is 5.56. The lowest BCUT2D eigenvalue weighted by Crippen LogP contribution is -2.18. The number of hydrogen-bond donors (Lipinski definition) is 1. The van der Waals surface area contributed by atoms with Crippen molar-refractivity contribution in [3.63, 3.8) is 0 Å². The molecule has 2 aromatic carbocycles. The smallest absolute Gasteiger partial charge is 0.259 e. The molecule has 0 bridgehead atoms. The van der Waals surface area contributed by atoms with Crippen molar-refractivity contribution >= 4 is 10.9 Å². The van der Waals surface area contributed by atoms with Crippen LogP contribution in [0.3, 0.4) is 0 Å². The van der Waals surface area contributed by atoms with Gasteiger partial charge >= 0.3 is 0 Å². The molecule has 7 heteroatoms. The van der Waals surface area contributed by atoms with E-state index in [9.17, 15) is 13.6 Å². The molecule has 0 unspecified atom stereocenters. The van der Waals surface area contributed by atoms with Gasteiger partial charge in [0.15, 0.2) is 11.6 Å². The Hall–Kier alpha value is -3.32. The van der Waals surface area contributed by atoms with Crippen molar-refractivity contribution < 1.29 is 8.78 Å². The molecule has 5 rings (SSSR count). The van der Waals surface area contributed by atoms with Gasteiger partial charge in [-0.25, -0.2) is 13.5 Å². The second-order valence-electron chi connectivity index (χ2n) is 7.58. The van der Waals surface area contributed by atoms with Crippen molar-refractivity contribution in [2.45, 2.75) is 19.4 Å². The number of benzene rings is 2. The lowest BCUT2D eigenvalue weighted by molar-refractivity contribution is 0.331. The van der Waals surface area contributed by atoms with Crippen LogP contribution in [-0.2, 0) is 6.54 Å². The maximum absolute atomic E-state index is 14.5. The molecule has 0 radical (unpaired) electrons. The molecular formula is C23H20F2N4O. The highest BCUT2D eigenvalue weighted by molar-refractivity contribution is 5.93. The summed E-state index contributed by atoms with van der Waals surface area (Å²) in [5.41, 5.74) is 1.95. The van der Waals surface area contributed by atoms with Gasteiger partial charge in [0.2, 0.25) is 0 Å². The second kappa shape index (κ2) is 7.50. The highest BCUT2D eigenvalue weighted by Gasteiger charge is 2.21. The molecule has 152 valence electrons. The van der Waals surface area contributed by atoms with Gasteiger partial charge in [0.1, 0.15) is 11.4 Å². The van der Waals surface area contributed by atoms with Crippen molar-refractivity contribution in [2.24, 2.45) is 0 Å². The van der Waals surface area contributed by atoms with Crippen LogP contribution in [0.15, 0.2) is 59.5 Å². The maximum atomic E-state index is 14.5. The van der Waals surface area contributed by atoms with Crippen molar-refractivity contribution in [1.29, 1.82) is 0 Å². The average molecular weight is 406 g/mol. The third-order valence-corrected chi connectivity index (χ3v) is 5.56. The normalized spacial score (nSPS) is 14.6. The lowest BCUT2D eigenvalue weighted by Gasteiger charge is -2.14. The number of para-hydroxylation sites is 1. The zero-order valence-electron chi connectivity index (χ0n) is 16.2. The van der Waals surface area contributed by atoms with Gasteiger partial charge in [0, 0.05) is 18.3 Å². The second-order valence-corrected chi connectivity index (χ2v) is 7.58. The van der Waals surface area contributed by atoms with Crippen LogP contribution in [0.25, 0.3) is 27.8 Å². The fourth-order valence-corrected chi connectivity index (χ4v) is 4.16. The van der Waals surface area contributed by atoms with E-state index in [2.05, 4.69) is 15.0 Å². The number of aromatic amines is 1. The average Bonchev–Trinajstić information content (AvgIpc) is 3.37. The standard InChI is InChI=1S/C23H20F2N4O/c24-17-7-4-8-18(25)22(17)29-19-9-10-26-23(30)20(19)21(27-29)16-6-3-5-15(13-16)14-28-11-1-2-12-28/h3-10,13H,1-2,11-12,14H2,(H,26,30). The number of H-pyrrole nitrogens is 1. The quantitative estimate of drug-likeness (QED) is 0.551. The SMILES string of the molecule is O=c1[nH]ccc2c1c(-c1cccc(CN3CCCC3)c1)nn2-c1c(F)cccc1F. The van der Waals surface area contributed by atoms with E-state index in [4.69, 9.17) is 0 Å². The van der Waals surface area contributed by atoms with Crippen LogP contribution in [0.5, 0.6) is 0 Å². The summed E-state index contributed by atoms with van der Waals surface area (Å²) in [6.45, 7) is 2.98. The summed E-state index contributed by atoms with van der Waals surface area (Å²) in [5.74, 6) is -1.48. The number of rotatable bonds is 4. The van der Waals surface area contributed by atoms with Crippen LogP contribution in [-0.4, -0.2) is 32.8 Å². The number of halogens is 2. The summed E-state index contributed by atoms with van der Waals surface area (Å²) < 4.78 is 30.1. The van der Waals surface area contributed by atoms with Crippen LogP contribution >= 0.6 is 0 Å². The molecule has 0 saturated carbocycles. The highest BCUT2D eigenvalue weighted by Crippen LogP contribution is 2.30. The molecule has 0 amide bonds. The molecule has 0 aliphatic carbocycles. The number of fused-ring (bicyclic) bond motifs is 1. The number of likely N-dealkylation sites (tertiary alicyclic amines) is 1. The summed E-state index contributed by atoms with van der Waals surface area (Å²) in [5, 5.41) is 4.79. The van der Waals surface area contributed by atoms with Crippen LogP contribution in [0.2, 0.25) is 0 Å². The first-order valence-electron chi connectivity index (χ1n) is 9.98. The molecule has 0 spiro atoms. The Morgan fingerprint density at radius 3 is 2.50 bits per heavy atom. The third kappa shape index (κ3) is 3.21. The Balaban J connectivity index is 1.68. The van der Waals surface area contributed by atoms with Crippen molar-refractivity contribution in [3.05, 3.63) is 82.3 Å². The van der Waals surface area contributed by atoms with Gasteiger partial charge in [-0.1, -0.05) is 24.3 Å². The molecule has 4 aromatic rings. The molecule has 1 aliphatic heterocycles. The minimum Gasteiger partial charge on any atom is -0.328 e. The lowest BCUT2D eigenvalue weighted by atomic mass is 10.1. The first-order valence-corrected chi connectivity index (χ1v) is 9.98. The minimum atomic E-state index is -0.742. The fourth-order valence-electron chi connectivity index (χ4n) is 4.16. The molecule has 1 N–H and O–H groups in total. The van der Waals surface area contributed by atoms with E-state index in [0.29, 0.717) is 16.6 Å². The van der Waals surface area contributed by atoms with Gasteiger partial charge in [-0.2, -0.15) is 5.10 Å². The molecule has 30 heavy (non-hydrogen) atoms. The van der Waals surface area contributed by atoms with Crippen molar-refractivity contribution in [1.82, 2.24) is 19.7 Å². The molecule has 1 saturated heterocycles. The summed E-state index contributed by atoms with van der Waals surface area (Å²) in [6.07, 6.45) is 3.87. The van der Waals surface area contributed by atoms with E-state index < -0.39 is 11.6 Å². The number of pyridine rings is 1. The Kier molecular flexibility index (Phi) is 4.67. The molecule has 2 aromatic heterocycles. The maximum Gasteiger partial charge on any atom is 0.259 e. The monoisotopic (exact) mass is 406 g/mol. The number of hydrogen-bond acceptors (Lipinski definition) is 3. The van der Waals surface area contributed by atoms with Gasteiger partial charge in [0.05, 0.1) is 10.9 Å². The Morgan fingerprint density at radius 2 is 1.73 bits per heavy atom. The fraction of sp³-hybridized carbons (Fsp3) is 0.217. The van der Waals surface area contributed by atoms with Gasteiger partial charge in [-0.05, 0) is 55.8 Å². The van der Waals surface area contributed by atoms with Crippen molar-refractivity contribution in [3.8, 4) is 16.9 Å². The zero-order chi connectivity index (χ0) is 20.7. The molecule has 0 atom stereocenters. The molecule has 5 nitrogen and oxygen atoms in total. The van der Waals surface area contributed by atoms with E-state index >= 15 is 0 Å². The molecule has 1 fully saturated rings. The Bertz CT molecular complexity index is 1270. The summed E-state index contributed by atoms with van der Waals surface area (Å²) in [4.78, 5) is 17.7. The largest absolute Gasteiger partial charge is 0.328 e. The van der Waals surface area contributed by atoms with Crippen LogP contribution in [0.1, 0.15) is 18.4 Å². The number of nitrogens with one attached hydrogen (secondary N) is 1. The topological polar surface area (TPSA) is 53.9 Å². The molecule has 1 aliphatic rings. The van der Waals surface area contributed by atoms with Crippen LogP contribution in [0, 0.1) is 11.6 Å². The van der Waals surface area contributed by atoms with Crippen LogP contribution < -0.4 is 5.56 Å². The van der Waals surface area contributed by atoms with Crippen molar-refractivity contribution in [2.75, 3.05) is 13.1 Å². The number of nitrogens with zero attached hydrogens (tertiary/aromatic N) is 3. The van der Waals surface area contributed by atoms with Crippen LogP contribution in [0.4, 0.5) is 8.78 Å². The minimum absolute atomic E-state index is 0.299. The van der Waals surface area contributed by atoms with E-state index in [1.54, 1.807) is 6.07 Å². The van der Waals surface area contributed by atoms with Gasteiger partial charge < -0.3 is 4.98 Å². The van der Waals surface area contributed by atoms with Gasteiger partial charge in [-0.3, -0.25) is 9.69 Å². The summed E-state index contributed by atoms with van der Waals surface area (Å²) in [6, 6.07) is 13.1. The Morgan fingerprint density at radius 1 is 1.00 bits per heavy atom. The van der Waals surface area contributed by atoms with E-state index in [0.717, 1.165) is 30.8 Å². The summed E-state index contributed by atoms with van der Waals surface area (Å²) in [7, 11) is 0. The van der Waals surface area contributed by atoms with E-state index in [-0.39, 0.29) is 11.2 Å². The predicted octanol–water partition coefficient (Wildman–Crippen LogP) is 4.25. The predicted molar refractivity (Wildman–Crippen MR) is 112 cm³/mol. The Labute approximate surface area is 171 Å². The zero-order valence-corrected chi connectivity index (χ0v) is 16.2. The first-order chi connectivity index (χ1) is 14.6. The molecule has 3 heterocycles. The first kappa shape index (κ1) is 18.7. The summed E-state index contributed by atoms with van der Waals surface area (Å²) >= 11 is 0. The van der Waals surface area contributed by atoms with E-state index in [1.807, 2.05) is 24.3 Å². The van der Waals surface area contributed by atoms with Gasteiger partial charge in [-0.15, -0.1) is 0 Å². The number of aromatic nitrogens is 3. The van der Waals surface area contributed by atoms with Gasteiger partial charge in [0.25, 0.3) is 5.56 Å². The molecular weight excluding hydrogens is 386 g/mol.